The summed E-state index contributed by atoms with van der Waals surface area (Å²) in [7, 11) is 2.19. The Hall–Kier alpha value is -3.46. The van der Waals surface area contributed by atoms with Crippen LogP contribution >= 0.6 is 0 Å². The number of piperidine rings is 1. The van der Waals surface area contributed by atoms with Crippen molar-refractivity contribution in [1.82, 2.24) is 25.1 Å². The maximum Gasteiger partial charge on any atom is 0.225 e. The first-order valence-corrected chi connectivity index (χ1v) is 12.5. The Morgan fingerprint density at radius 3 is 2.31 bits per heavy atom. The summed E-state index contributed by atoms with van der Waals surface area (Å²) in [6.45, 7) is 3.92. The second-order valence-electron chi connectivity index (χ2n) is 10.1. The quantitative estimate of drug-likeness (QED) is 0.592. The number of phenolic OH excluding ortho intramolecular Hbond substituents is 1. The Kier molecular flexibility index (Phi) is 5.64. The molecule has 3 aliphatic heterocycles. The lowest BCUT2D eigenvalue weighted by Crippen LogP contribution is -2.54. The van der Waals surface area contributed by atoms with Crippen molar-refractivity contribution < 1.29 is 5.11 Å². The lowest BCUT2D eigenvalue weighted by atomic mass is 9.91. The zero-order chi connectivity index (χ0) is 23.9. The number of rotatable bonds is 4. The van der Waals surface area contributed by atoms with Crippen LogP contribution in [-0.2, 0) is 0 Å². The van der Waals surface area contributed by atoms with Gasteiger partial charge in [-0.3, -0.25) is 0 Å². The average molecular weight is 473 g/mol. The number of benzene rings is 1. The van der Waals surface area contributed by atoms with Crippen LogP contribution in [0.2, 0.25) is 0 Å². The first kappa shape index (κ1) is 22.0. The van der Waals surface area contributed by atoms with E-state index in [9.17, 15) is 5.11 Å². The first-order chi connectivity index (χ1) is 17.1. The molecule has 6 rings (SSSR count). The standard InChI is InChI=1S/C26H32N8O/c1-32-10-8-17(9-11-32)18-13-28-26(29-14-18)34-19-6-7-20(34)16-33(15-19)23-12-22(30-31-25(23)27)21-4-2-3-5-24(21)35/h2-5,12-14,17,19-20,35H,6-11,15-16H2,1H3,(H2,27,31). The van der Waals surface area contributed by atoms with Gasteiger partial charge in [-0.2, -0.15) is 0 Å². The monoisotopic (exact) mass is 472 g/mol. The maximum absolute atomic E-state index is 10.3. The minimum Gasteiger partial charge on any atom is -0.507 e. The lowest BCUT2D eigenvalue weighted by Gasteiger charge is -2.42. The van der Waals surface area contributed by atoms with Crippen LogP contribution in [0.15, 0.2) is 42.7 Å². The normalized spacial score (nSPS) is 23.1. The van der Waals surface area contributed by atoms with Gasteiger partial charge in [0.15, 0.2) is 5.82 Å². The van der Waals surface area contributed by atoms with Gasteiger partial charge in [0.2, 0.25) is 5.95 Å². The highest BCUT2D eigenvalue weighted by Gasteiger charge is 2.42. The second kappa shape index (κ2) is 8.96. The first-order valence-electron chi connectivity index (χ1n) is 12.5. The van der Waals surface area contributed by atoms with Gasteiger partial charge in [0.05, 0.1) is 11.4 Å². The molecule has 0 spiro atoms. The highest BCUT2D eigenvalue weighted by Crippen LogP contribution is 2.38. The number of fused-ring (bicyclic) bond motifs is 2. The number of para-hydroxylation sites is 1. The molecule has 3 saturated heterocycles. The maximum atomic E-state index is 10.3. The Balaban J connectivity index is 1.20. The smallest absolute Gasteiger partial charge is 0.225 e. The molecule has 1 aromatic carbocycles. The van der Waals surface area contributed by atoms with Crippen LogP contribution < -0.4 is 15.5 Å². The lowest BCUT2D eigenvalue weighted by molar-refractivity contribution is 0.255. The number of nitrogen functional groups attached to an aromatic ring is 1. The summed E-state index contributed by atoms with van der Waals surface area (Å²) in [6.07, 6.45) is 8.65. The van der Waals surface area contributed by atoms with Crippen LogP contribution in [-0.4, -0.2) is 75.5 Å². The van der Waals surface area contributed by atoms with Gasteiger partial charge in [-0.1, -0.05) is 12.1 Å². The number of aromatic hydroxyl groups is 1. The van der Waals surface area contributed by atoms with Gasteiger partial charge in [-0.25, -0.2) is 9.97 Å². The molecule has 2 aromatic heterocycles. The fourth-order valence-corrected chi connectivity index (χ4v) is 5.91. The summed E-state index contributed by atoms with van der Waals surface area (Å²) < 4.78 is 0. The predicted octanol–water partition coefficient (Wildman–Crippen LogP) is 2.89. The highest BCUT2D eigenvalue weighted by molar-refractivity contribution is 5.74. The molecule has 2 bridgehead atoms. The van der Waals surface area contributed by atoms with E-state index in [1.165, 1.54) is 18.4 Å². The van der Waals surface area contributed by atoms with Gasteiger partial charge < -0.3 is 25.5 Å². The molecule has 35 heavy (non-hydrogen) atoms. The van der Waals surface area contributed by atoms with E-state index in [1.807, 2.05) is 30.6 Å². The Morgan fingerprint density at radius 1 is 0.943 bits per heavy atom. The number of likely N-dealkylation sites (tertiary alicyclic amines) is 1. The van der Waals surface area contributed by atoms with E-state index in [2.05, 4.69) is 31.9 Å². The van der Waals surface area contributed by atoms with Crippen molar-refractivity contribution in [2.45, 2.75) is 43.7 Å². The molecular formula is C26H32N8O. The number of hydrogen-bond donors (Lipinski definition) is 2. The summed E-state index contributed by atoms with van der Waals surface area (Å²) in [4.78, 5) is 16.7. The molecule has 0 radical (unpaired) electrons. The molecule has 5 heterocycles. The zero-order valence-electron chi connectivity index (χ0n) is 20.1. The van der Waals surface area contributed by atoms with Gasteiger partial charge in [0, 0.05) is 43.1 Å². The molecule has 0 amide bonds. The molecule has 3 aliphatic rings. The van der Waals surface area contributed by atoms with Gasteiger partial charge in [0.25, 0.3) is 0 Å². The van der Waals surface area contributed by atoms with Crippen molar-refractivity contribution >= 4 is 17.5 Å². The summed E-state index contributed by atoms with van der Waals surface area (Å²) in [5.74, 6) is 2.00. The number of nitrogens with zero attached hydrogens (tertiary/aromatic N) is 7. The molecule has 9 nitrogen and oxygen atoms in total. The van der Waals surface area contributed by atoms with Crippen LogP contribution in [0.5, 0.6) is 5.75 Å². The number of anilines is 3. The summed E-state index contributed by atoms with van der Waals surface area (Å²) in [6, 6.07) is 9.76. The molecule has 9 heteroatoms. The number of aromatic nitrogens is 4. The van der Waals surface area contributed by atoms with Gasteiger partial charge in [0.1, 0.15) is 5.75 Å². The fourth-order valence-electron chi connectivity index (χ4n) is 5.91. The molecule has 182 valence electrons. The molecule has 3 aromatic rings. The van der Waals surface area contributed by atoms with Gasteiger partial charge in [-0.05, 0) is 75.5 Å². The molecule has 0 aliphatic carbocycles. The van der Waals surface area contributed by atoms with Crippen LogP contribution in [0.4, 0.5) is 17.5 Å². The molecule has 2 atom stereocenters. The van der Waals surface area contributed by atoms with Crippen LogP contribution in [0.3, 0.4) is 0 Å². The van der Waals surface area contributed by atoms with Crippen molar-refractivity contribution in [1.29, 1.82) is 0 Å². The topological polar surface area (TPSA) is 108 Å². The molecular weight excluding hydrogens is 440 g/mol. The fraction of sp³-hybridized carbons (Fsp3) is 0.462. The summed E-state index contributed by atoms with van der Waals surface area (Å²) in [5, 5.41) is 18.7. The van der Waals surface area contributed by atoms with Crippen molar-refractivity contribution in [3.05, 3.63) is 48.3 Å². The van der Waals surface area contributed by atoms with E-state index in [0.29, 0.717) is 35.1 Å². The van der Waals surface area contributed by atoms with E-state index in [1.54, 1.807) is 12.1 Å². The summed E-state index contributed by atoms with van der Waals surface area (Å²) in [5.41, 5.74) is 9.68. The molecule has 3 N–H and O–H groups in total. The molecule has 2 unspecified atom stereocenters. The Bertz CT molecular complexity index is 1180. The Labute approximate surface area is 205 Å². The third kappa shape index (κ3) is 4.14. The van der Waals surface area contributed by atoms with Crippen molar-refractivity contribution in [2.24, 2.45) is 0 Å². The van der Waals surface area contributed by atoms with Crippen molar-refractivity contribution in [2.75, 3.05) is 48.8 Å². The van der Waals surface area contributed by atoms with Gasteiger partial charge in [-0.15, -0.1) is 10.2 Å². The number of piperazine rings is 1. The van der Waals surface area contributed by atoms with E-state index in [-0.39, 0.29) is 5.75 Å². The Morgan fingerprint density at radius 2 is 1.63 bits per heavy atom. The van der Waals surface area contributed by atoms with Crippen molar-refractivity contribution in [3.8, 4) is 17.0 Å². The largest absolute Gasteiger partial charge is 0.507 e. The van der Waals surface area contributed by atoms with Crippen molar-refractivity contribution in [3.63, 3.8) is 0 Å². The van der Waals surface area contributed by atoms with E-state index >= 15 is 0 Å². The minimum atomic E-state index is 0.184. The zero-order valence-corrected chi connectivity index (χ0v) is 20.1. The predicted molar refractivity (Wildman–Crippen MR) is 137 cm³/mol. The third-order valence-corrected chi connectivity index (χ3v) is 7.88. The van der Waals surface area contributed by atoms with E-state index in [0.717, 1.165) is 50.7 Å². The number of hydrogen-bond acceptors (Lipinski definition) is 9. The molecule has 3 fully saturated rings. The van der Waals surface area contributed by atoms with Crippen LogP contribution in [0, 0.1) is 0 Å². The summed E-state index contributed by atoms with van der Waals surface area (Å²) >= 11 is 0. The highest BCUT2D eigenvalue weighted by atomic mass is 16.3. The number of nitrogens with two attached hydrogens (primary N) is 1. The van der Waals surface area contributed by atoms with Crippen LogP contribution in [0.25, 0.3) is 11.3 Å². The number of phenols is 1. The third-order valence-electron chi connectivity index (χ3n) is 7.88. The van der Waals surface area contributed by atoms with E-state index in [4.69, 9.17) is 15.7 Å². The molecule has 0 saturated carbocycles. The van der Waals surface area contributed by atoms with Gasteiger partial charge >= 0.3 is 0 Å². The SMILES string of the molecule is CN1CCC(c2cnc(N3C4CCC3CN(c3cc(-c5ccccc5O)nnc3N)C4)nc2)CC1. The van der Waals surface area contributed by atoms with Crippen LogP contribution in [0.1, 0.15) is 37.2 Å². The average Bonchev–Trinajstić information content (AvgIpc) is 3.14. The van der Waals surface area contributed by atoms with E-state index < -0.39 is 0 Å². The second-order valence-corrected chi connectivity index (χ2v) is 10.1. The minimum absolute atomic E-state index is 0.184.